The molecule has 0 spiro atoms. The number of halogens is 4. The minimum atomic E-state index is -0.788. The van der Waals surface area contributed by atoms with Crippen molar-refractivity contribution in [1.29, 1.82) is 0 Å². The van der Waals surface area contributed by atoms with Crippen molar-refractivity contribution in [3.8, 4) is 0 Å². The van der Waals surface area contributed by atoms with Gasteiger partial charge in [-0.1, -0.05) is 90.6 Å². The van der Waals surface area contributed by atoms with Gasteiger partial charge in [0.1, 0.15) is 0 Å². The summed E-state index contributed by atoms with van der Waals surface area (Å²) in [5.74, 6) is 0.234. The van der Waals surface area contributed by atoms with E-state index in [1.165, 1.54) is 19.3 Å². The second-order valence-corrected chi connectivity index (χ2v) is 14.5. The lowest BCUT2D eigenvalue weighted by Gasteiger charge is -2.49. The first kappa shape index (κ1) is 37.2. The molecule has 12 heteroatoms. The average molecular weight is 715 g/mol. The highest BCUT2D eigenvalue weighted by atomic mass is 35.5. The fourth-order valence-electron chi connectivity index (χ4n) is 6.88. The van der Waals surface area contributed by atoms with E-state index in [-0.39, 0.29) is 23.9 Å². The SMILES string of the molecule is NCCNCCC[C@H]1CN(C(=O)[C@H](N)Cc2ccc(Cl)cc2Cl)[C@H](CC2CCCCC2)CN1C(=O)[C@H](N)Cc1ccc(Cl)cc1Cl. The Labute approximate surface area is 293 Å². The van der Waals surface area contributed by atoms with Gasteiger partial charge in [-0.25, -0.2) is 0 Å². The van der Waals surface area contributed by atoms with E-state index in [0.29, 0.717) is 64.9 Å². The first-order chi connectivity index (χ1) is 22.1. The van der Waals surface area contributed by atoms with Crippen molar-refractivity contribution in [2.45, 2.75) is 88.4 Å². The third-order valence-corrected chi connectivity index (χ3v) is 10.5. The van der Waals surface area contributed by atoms with Gasteiger partial charge >= 0.3 is 0 Å². The molecule has 1 aliphatic carbocycles. The fourth-order valence-corrected chi connectivity index (χ4v) is 7.86. The van der Waals surface area contributed by atoms with Crippen molar-refractivity contribution in [1.82, 2.24) is 15.1 Å². The second-order valence-electron chi connectivity index (χ2n) is 12.8. The standard InChI is InChI=1S/C34H48Cl4N6O2/c35-25-10-8-23(29(37)18-25)16-31(40)33(45)43-21-28(15-22-5-2-1-3-6-22)44(20-27(43)7-4-13-42-14-12-39)34(46)32(41)17-24-9-11-26(36)19-30(24)38/h8-11,18-19,22,27-28,31-32,42H,1-7,12-17,20-21,39-41H2/t27-,28+,31+,32+/m0/s1. The second kappa shape index (κ2) is 18.2. The van der Waals surface area contributed by atoms with E-state index in [4.69, 9.17) is 63.6 Å². The first-order valence-electron chi connectivity index (χ1n) is 16.5. The van der Waals surface area contributed by atoms with Crippen molar-refractivity contribution in [2.24, 2.45) is 23.1 Å². The normalized spacial score (nSPS) is 20.5. The Morgan fingerprint density at radius 3 is 1.83 bits per heavy atom. The third-order valence-electron chi connectivity index (χ3n) is 9.35. The number of piperazine rings is 1. The summed E-state index contributed by atoms with van der Waals surface area (Å²) < 4.78 is 0. The molecule has 2 aliphatic rings. The van der Waals surface area contributed by atoms with Crippen LogP contribution in [0.5, 0.6) is 0 Å². The Morgan fingerprint density at radius 2 is 1.30 bits per heavy atom. The van der Waals surface area contributed by atoms with Gasteiger partial charge in [0.05, 0.1) is 12.1 Å². The van der Waals surface area contributed by atoms with Gasteiger partial charge in [0, 0.05) is 58.4 Å². The molecule has 1 saturated carbocycles. The Bertz CT molecular complexity index is 1310. The maximum absolute atomic E-state index is 14.2. The predicted molar refractivity (Wildman–Crippen MR) is 190 cm³/mol. The molecule has 0 aromatic heterocycles. The molecule has 46 heavy (non-hydrogen) atoms. The number of carbonyl (C=O) groups is 2. The summed E-state index contributed by atoms with van der Waals surface area (Å²) in [5.41, 5.74) is 20.4. The number of nitrogens with one attached hydrogen (secondary N) is 1. The number of hydrogen-bond donors (Lipinski definition) is 4. The number of nitrogens with two attached hydrogens (primary N) is 3. The summed E-state index contributed by atoms with van der Waals surface area (Å²) in [5, 5.41) is 5.37. The third kappa shape index (κ3) is 10.4. The summed E-state index contributed by atoms with van der Waals surface area (Å²) in [6.45, 7) is 2.84. The number of amides is 2. The van der Waals surface area contributed by atoms with E-state index in [9.17, 15) is 9.59 Å². The van der Waals surface area contributed by atoms with E-state index in [0.717, 1.165) is 49.9 Å². The summed E-state index contributed by atoms with van der Waals surface area (Å²) >= 11 is 25.1. The summed E-state index contributed by atoms with van der Waals surface area (Å²) in [4.78, 5) is 32.2. The van der Waals surface area contributed by atoms with E-state index in [2.05, 4.69) is 5.32 Å². The summed E-state index contributed by atoms with van der Waals surface area (Å²) in [6, 6.07) is 8.53. The molecule has 2 aromatic rings. The molecule has 7 N–H and O–H groups in total. The molecular weight excluding hydrogens is 666 g/mol. The molecule has 4 rings (SSSR count). The molecule has 1 heterocycles. The van der Waals surface area contributed by atoms with Crippen LogP contribution in [0.15, 0.2) is 36.4 Å². The van der Waals surface area contributed by atoms with Crippen LogP contribution >= 0.6 is 46.4 Å². The van der Waals surface area contributed by atoms with Gasteiger partial charge in [-0.3, -0.25) is 9.59 Å². The number of benzene rings is 2. The summed E-state index contributed by atoms with van der Waals surface area (Å²) in [6.07, 6.45) is 8.80. The van der Waals surface area contributed by atoms with Crippen LogP contribution in [-0.4, -0.2) is 78.5 Å². The number of nitrogens with zero attached hydrogens (tertiary/aromatic N) is 2. The van der Waals surface area contributed by atoms with Crippen LogP contribution in [0.4, 0.5) is 0 Å². The van der Waals surface area contributed by atoms with Gasteiger partial charge in [-0.15, -0.1) is 0 Å². The average Bonchev–Trinajstić information content (AvgIpc) is 3.03. The Balaban J connectivity index is 1.57. The van der Waals surface area contributed by atoms with Crippen molar-refractivity contribution in [2.75, 3.05) is 32.7 Å². The quantitative estimate of drug-likeness (QED) is 0.193. The number of carbonyl (C=O) groups excluding carboxylic acids is 2. The summed E-state index contributed by atoms with van der Waals surface area (Å²) in [7, 11) is 0. The van der Waals surface area contributed by atoms with E-state index in [1.807, 2.05) is 21.9 Å². The Morgan fingerprint density at radius 1 is 0.783 bits per heavy atom. The number of hydrogen-bond acceptors (Lipinski definition) is 6. The van der Waals surface area contributed by atoms with Gasteiger partial charge in [0.15, 0.2) is 0 Å². The van der Waals surface area contributed by atoms with E-state index >= 15 is 0 Å². The minimum Gasteiger partial charge on any atom is -0.335 e. The first-order valence-corrected chi connectivity index (χ1v) is 18.0. The zero-order valence-electron chi connectivity index (χ0n) is 26.4. The molecule has 0 unspecified atom stereocenters. The molecule has 1 saturated heterocycles. The van der Waals surface area contributed by atoms with Crippen LogP contribution in [-0.2, 0) is 22.4 Å². The van der Waals surface area contributed by atoms with Crippen LogP contribution in [0.25, 0.3) is 0 Å². The predicted octanol–water partition coefficient (Wildman–Crippen LogP) is 5.45. The molecule has 8 nitrogen and oxygen atoms in total. The van der Waals surface area contributed by atoms with Gasteiger partial charge in [-0.2, -0.15) is 0 Å². The molecule has 0 radical (unpaired) electrons. The highest BCUT2D eigenvalue weighted by Gasteiger charge is 2.41. The van der Waals surface area contributed by atoms with E-state index in [1.54, 1.807) is 24.3 Å². The van der Waals surface area contributed by atoms with Crippen LogP contribution < -0.4 is 22.5 Å². The maximum Gasteiger partial charge on any atom is 0.240 e. The molecule has 254 valence electrons. The molecule has 2 amide bonds. The smallest absolute Gasteiger partial charge is 0.240 e. The molecule has 0 bridgehead atoms. The Kier molecular flexibility index (Phi) is 14.7. The van der Waals surface area contributed by atoms with Crippen molar-refractivity contribution in [3.63, 3.8) is 0 Å². The monoisotopic (exact) mass is 712 g/mol. The van der Waals surface area contributed by atoms with Gasteiger partial charge < -0.3 is 32.3 Å². The lowest BCUT2D eigenvalue weighted by atomic mass is 9.83. The molecular formula is C34H48Cl4N6O2. The number of rotatable bonds is 14. The zero-order valence-corrected chi connectivity index (χ0v) is 29.4. The van der Waals surface area contributed by atoms with Gasteiger partial charge in [0.25, 0.3) is 0 Å². The molecule has 2 fully saturated rings. The highest BCUT2D eigenvalue weighted by molar-refractivity contribution is 6.35. The largest absolute Gasteiger partial charge is 0.335 e. The van der Waals surface area contributed by atoms with Crippen LogP contribution in [0.3, 0.4) is 0 Å². The molecule has 1 aliphatic heterocycles. The molecule has 4 atom stereocenters. The maximum atomic E-state index is 14.2. The van der Waals surface area contributed by atoms with Crippen molar-refractivity contribution in [3.05, 3.63) is 67.6 Å². The van der Waals surface area contributed by atoms with Crippen LogP contribution in [0.2, 0.25) is 20.1 Å². The van der Waals surface area contributed by atoms with E-state index < -0.39 is 12.1 Å². The topological polar surface area (TPSA) is 131 Å². The molecule has 2 aromatic carbocycles. The van der Waals surface area contributed by atoms with Gasteiger partial charge in [0.2, 0.25) is 11.8 Å². The van der Waals surface area contributed by atoms with Crippen molar-refractivity contribution < 1.29 is 9.59 Å². The zero-order chi connectivity index (χ0) is 33.2. The van der Waals surface area contributed by atoms with Crippen LogP contribution in [0, 0.1) is 5.92 Å². The lowest BCUT2D eigenvalue weighted by molar-refractivity contribution is -0.149. The highest BCUT2D eigenvalue weighted by Crippen LogP contribution is 2.32. The van der Waals surface area contributed by atoms with Gasteiger partial charge in [-0.05, 0) is 80.0 Å². The van der Waals surface area contributed by atoms with Crippen LogP contribution in [0.1, 0.15) is 62.5 Å². The lowest BCUT2D eigenvalue weighted by Crippen LogP contribution is -2.65. The Hall–Kier alpha value is -1.62. The fraction of sp³-hybridized carbons (Fsp3) is 0.588. The van der Waals surface area contributed by atoms with Crippen molar-refractivity contribution >= 4 is 58.2 Å². The minimum absolute atomic E-state index is 0.123.